The highest BCUT2D eigenvalue weighted by atomic mass is 79.9. The van der Waals surface area contributed by atoms with Crippen LogP contribution in [0.15, 0.2) is 40.7 Å². The minimum absolute atomic E-state index is 0.106. The van der Waals surface area contributed by atoms with E-state index >= 15 is 0 Å². The van der Waals surface area contributed by atoms with Crippen LogP contribution in [0.5, 0.6) is 0 Å². The number of carbonyl (C=O) groups excluding carboxylic acids is 1. The molecule has 3 aromatic rings. The minimum atomic E-state index is -0.250. The molecule has 1 aliphatic heterocycles. The molecule has 9 nitrogen and oxygen atoms in total. The van der Waals surface area contributed by atoms with Crippen LogP contribution >= 0.6 is 27.3 Å². The summed E-state index contributed by atoms with van der Waals surface area (Å²) < 4.78 is 2.83. The van der Waals surface area contributed by atoms with Gasteiger partial charge in [0.1, 0.15) is 0 Å². The average Bonchev–Trinajstić information content (AvgIpc) is 3.48. The van der Waals surface area contributed by atoms with Crippen molar-refractivity contribution in [2.45, 2.75) is 72.5 Å². The zero-order valence-electron chi connectivity index (χ0n) is 23.0. The van der Waals surface area contributed by atoms with Gasteiger partial charge in [0.25, 0.3) is 12.4 Å². The van der Waals surface area contributed by atoms with Crippen molar-refractivity contribution in [3.05, 3.63) is 57.0 Å². The number of carboxylic acid groups (broad SMARTS) is 1. The van der Waals surface area contributed by atoms with Gasteiger partial charge in [0.15, 0.2) is 5.01 Å². The van der Waals surface area contributed by atoms with Crippen LogP contribution in [0.25, 0.3) is 5.69 Å². The van der Waals surface area contributed by atoms with Crippen molar-refractivity contribution >= 4 is 45.3 Å². The molecule has 11 heteroatoms. The zero-order valence-corrected chi connectivity index (χ0v) is 25.4. The Morgan fingerprint density at radius 2 is 1.97 bits per heavy atom. The number of hydrogen-bond acceptors (Lipinski definition) is 7. The number of aryl methyl sites for hydroxylation is 1. The molecule has 0 saturated carbocycles. The quantitative estimate of drug-likeness (QED) is 0.307. The number of anilines is 1. The Kier molecular flexibility index (Phi) is 12.6. The lowest BCUT2D eigenvalue weighted by atomic mass is 10.00. The molecule has 3 heterocycles. The first-order valence-electron chi connectivity index (χ1n) is 12.7. The molecule has 208 valence electrons. The predicted octanol–water partition coefficient (Wildman–Crippen LogP) is 5.73. The van der Waals surface area contributed by atoms with Crippen LogP contribution in [0.3, 0.4) is 0 Å². The van der Waals surface area contributed by atoms with Gasteiger partial charge in [-0.2, -0.15) is 0 Å². The van der Waals surface area contributed by atoms with Gasteiger partial charge in [0.05, 0.1) is 22.0 Å². The van der Waals surface area contributed by atoms with Crippen LogP contribution in [0, 0.1) is 6.92 Å². The summed E-state index contributed by atoms with van der Waals surface area (Å²) in [6, 6.07) is 6.71. The SMILES string of the molecule is CC.Cc1cn(-c2cc(CN3CCCC(NC(C)(C)C)C3)cc(NC(=O)c3ncc(Br)s3)c2)cn1.O=CO. The van der Waals surface area contributed by atoms with Crippen LogP contribution in [0.1, 0.15) is 68.5 Å². The van der Waals surface area contributed by atoms with Crippen LogP contribution in [-0.2, 0) is 11.3 Å². The average molecular weight is 608 g/mol. The van der Waals surface area contributed by atoms with E-state index in [0.29, 0.717) is 11.0 Å². The van der Waals surface area contributed by atoms with E-state index in [9.17, 15) is 4.79 Å². The Labute approximate surface area is 237 Å². The summed E-state index contributed by atoms with van der Waals surface area (Å²) in [5.41, 5.74) is 3.95. The second-order valence-corrected chi connectivity index (χ2v) is 12.2. The number of imidazole rings is 1. The van der Waals surface area contributed by atoms with E-state index in [4.69, 9.17) is 9.90 Å². The van der Waals surface area contributed by atoms with E-state index < -0.39 is 0 Å². The molecule has 0 aliphatic carbocycles. The maximum Gasteiger partial charge on any atom is 0.290 e. The fraction of sp³-hybridized carbons (Fsp3) is 0.481. The lowest BCUT2D eigenvalue weighted by Crippen LogP contribution is -2.51. The zero-order chi connectivity index (χ0) is 28.3. The maximum absolute atomic E-state index is 12.7. The number of rotatable bonds is 6. The lowest BCUT2D eigenvalue weighted by molar-refractivity contribution is -0.122. The first-order chi connectivity index (χ1) is 18.1. The van der Waals surface area contributed by atoms with E-state index in [0.717, 1.165) is 46.1 Å². The van der Waals surface area contributed by atoms with Crippen molar-refractivity contribution in [2.75, 3.05) is 18.4 Å². The third kappa shape index (κ3) is 10.3. The van der Waals surface area contributed by atoms with Gasteiger partial charge in [-0.15, -0.1) is 11.3 Å². The highest BCUT2D eigenvalue weighted by Gasteiger charge is 2.24. The summed E-state index contributed by atoms with van der Waals surface area (Å²) in [5, 5.41) is 14.1. The molecule has 1 atom stereocenters. The second kappa shape index (κ2) is 15.1. The molecule has 1 aromatic carbocycles. The monoisotopic (exact) mass is 606 g/mol. The smallest absolute Gasteiger partial charge is 0.290 e. The van der Waals surface area contributed by atoms with Gasteiger partial charge in [0.2, 0.25) is 0 Å². The molecular weight excluding hydrogens is 568 g/mol. The van der Waals surface area contributed by atoms with E-state index in [-0.39, 0.29) is 17.9 Å². The van der Waals surface area contributed by atoms with Crippen LogP contribution in [0.4, 0.5) is 5.69 Å². The molecule has 1 fully saturated rings. The molecule has 1 saturated heterocycles. The number of carbonyl (C=O) groups is 2. The van der Waals surface area contributed by atoms with E-state index in [1.807, 2.05) is 43.9 Å². The number of nitrogens with zero attached hydrogens (tertiary/aromatic N) is 4. The van der Waals surface area contributed by atoms with Gasteiger partial charge >= 0.3 is 0 Å². The van der Waals surface area contributed by atoms with Crippen molar-refractivity contribution in [3.8, 4) is 5.69 Å². The molecule has 4 rings (SSSR count). The summed E-state index contributed by atoms with van der Waals surface area (Å²) in [6.45, 7) is 15.3. The van der Waals surface area contributed by atoms with Crippen LogP contribution in [0.2, 0.25) is 0 Å². The number of piperidine rings is 1. The molecule has 1 aliphatic rings. The summed E-state index contributed by atoms with van der Waals surface area (Å²) in [4.78, 5) is 32.1. The van der Waals surface area contributed by atoms with Crippen molar-refractivity contribution in [1.29, 1.82) is 0 Å². The first kappa shape index (κ1) is 31.6. The first-order valence-corrected chi connectivity index (χ1v) is 14.3. The molecular formula is C27H39BrN6O3S. The third-order valence-electron chi connectivity index (χ3n) is 5.47. The Hall–Kier alpha value is -2.60. The summed E-state index contributed by atoms with van der Waals surface area (Å²) in [6.07, 6.45) is 7.83. The molecule has 3 N–H and O–H groups in total. The summed E-state index contributed by atoms with van der Waals surface area (Å²) >= 11 is 4.69. The summed E-state index contributed by atoms with van der Waals surface area (Å²) in [5.74, 6) is -0.206. The Balaban J connectivity index is 0.000000947. The van der Waals surface area contributed by atoms with Gasteiger partial charge in [-0.3, -0.25) is 14.5 Å². The number of benzene rings is 1. The van der Waals surface area contributed by atoms with Crippen molar-refractivity contribution in [3.63, 3.8) is 0 Å². The number of amides is 1. The van der Waals surface area contributed by atoms with Gasteiger partial charge in [-0.25, -0.2) is 9.97 Å². The van der Waals surface area contributed by atoms with Crippen molar-refractivity contribution in [1.82, 2.24) is 24.8 Å². The Bertz CT molecular complexity index is 1170. The number of aromatic nitrogens is 3. The second-order valence-electron chi connectivity index (χ2n) is 9.81. The molecule has 1 amide bonds. The molecule has 0 spiro atoms. The number of nitrogens with one attached hydrogen (secondary N) is 2. The number of halogens is 1. The summed E-state index contributed by atoms with van der Waals surface area (Å²) in [7, 11) is 0. The van der Waals surface area contributed by atoms with Gasteiger partial charge in [0, 0.05) is 42.2 Å². The number of thiazole rings is 1. The van der Waals surface area contributed by atoms with Crippen molar-refractivity contribution in [2.24, 2.45) is 0 Å². The van der Waals surface area contributed by atoms with Crippen LogP contribution < -0.4 is 10.6 Å². The van der Waals surface area contributed by atoms with Crippen molar-refractivity contribution < 1.29 is 14.7 Å². The molecule has 0 radical (unpaired) electrons. The largest absolute Gasteiger partial charge is 0.483 e. The predicted molar refractivity (Wildman–Crippen MR) is 157 cm³/mol. The number of likely N-dealkylation sites (tertiary alicyclic amines) is 1. The molecule has 38 heavy (non-hydrogen) atoms. The normalized spacial score (nSPS) is 15.5. The van der Waals surface area contributed by atoms with E-state index in [1.54, 1.807) is 6.20 Å². The Morgan fingerprint density at radius 3 is 2.55 bits per heavy atom. The Morgan fingerprint density at radius 1 is 1.26 bits per heavy atom. The van der Waals surface area contributed by atoms with Gasteiger partial charge < -0.3 is 20.3 Å². The van der Waals surface area contributed by atoms with E-state index in [2.05, 4.69) is 74.3 Å². The number of hydrogen-bond donors (Lipinski definition) is 3. The fourth-order valence-electron chi connectivity index (χ4n) is 4.28. The topological polar surface area (TPSA) is 112 Å². The highest BCUT2D eigenvalue weighted by molar-refractivity contribution is 9.11. The standard InChI is InChI=1S/C24H31BrN6OS.C2H6.CH2O2/c1-16-12-31(15-27-16)20-9-17(13-30-7-5-6-18(14-30)29-24(2,3)4)8-19(10-20)28-22(32)23-26-11-21(25)33-23;1-2;2-1-3/h8-12,15,18,29H,5-7,13-14H2,1-4H3,(H,28,32);1-2H3;1H,(H,2,3). The van der Waals surface area contributed by atoms with Gasteiger partial charge in [-0.1, -0.05) is 13.8 Å². The van der Waals surface area contributed by atoms with E-state index in [1.165, 1.54) is 24.2 Å². The molecule has 1 unspecified atom stereocenters. The third-order valence-corrected chi connectivity index (χ3v) is 6.94. The lowest BCUT2D eigenvalue weighted by Gasteiger charge is -2.37. The maximum atomic E-state index is 12.7. The van der Waals surface area contributed by atoms with Crippen LogP contribution in [-0.4, -0.2) is 61.6 Å². The van der Waals surface area contributed by atoms with Gasteiger partial charge in [-0.05, 0) is 86.8 Å². The molecule has 0 bridgehead atoms. The molecule has 2 aromatic heterocycles. The fourth-order valence-corrected chi connectivity index (χ4v) is 5.38. The minimum Gasteiger partial charge on any atom is -0.483 e. The highest BCUT2D eigenvalue weighted by Crippen LogP contribution is 2.24.